The summed E-state index contributed by atoms with van der Waals surface area (Å²) in [7, 11) is 4.53. The Bertz CT molecular complexity index is 409. The molecule has 0 fully saturated rings. The summed E-state index contributed by atoms with van der Waals surface area (Å²) >= 11 is 3.34. The maximum atomic E-state index is 11.4. The van der Waals surface area contributed by atoms with Crippen molar-refractivity contribution < 1.29 is 19.0 Å². The fourth-order valence-electron chi connectivity index (χ4n) is 1.28. The van der Waals surface area contributed by atoms with Crippen LogP contribution in [-0.4, -0.2) is 33.8 Å². The highest BCUT2D eigenvalue weighted by atomic mass is 79.9. The SMILES string of the molecule is COCC(=O)Nc1cc(OC)c(Br)cc1OC. The van der Waals surface area contributed by atoms with Crippen LogP contribution in [0.3, 0.4) is 0 Å². The standard InChI is InChI=1S/C11H14BrNO4/c1-15-6-11(14)13-8-5-9(16-2)7(12)4-10(8)17-3/h4-5H,6H2,1-3H3,(H,13,14). The highest BCUT2D eigenvalue weighted by Crippen LogP contribution is 2.35. The first-order valence-corrected chi connectivity index (χ1v) is 5.62. The molecule has 0 bridgehead atoms. The van der Waals surface area contributed by atoms with Gasteiger partial charge in [0.1, 0.15) is 18.1 Å². The van der Waals surface area contributed by atoms with Gasteiger partial charge in [-0.2, -0.15) is 0 Å². The van der Waals surface area contributed by atoms with E-state index in [0.29, 0.717) is 17.2 Å². The van der Waals surface area contributed by atoms with Gasteiger partial charge in [-0.25, -0.2) is 0 Å². The van der Waals surface area contributed by atoms with Gasteiger partial charge in [0.05, 0.1) is 24.4 Å². The van der Waals surface area contributed by atoms with Gasteiger partial charge in [-0.05, 0) is 15.9 Å². The molecular weight excluding hydrogens is 290 g/mol. The largest absolute Gasteiger partial charge is 0.495 e. The number of benzene rings is 1. The Morgan fingerprint density at radius 1 is 1.24 bits per heavy atom. The van der Waals surface area contributed by atoms with Crippen LogP contribution in [0, 0.1) is 0 Å². The summed E-state index contributed by atoms with van der Waals surface area (Å²) in [5, 5.41) is 2.67. The molecule has 0 aliphatic carbocycles. The topological polar surface area (TPSA) is 56.8 Å². The van der Waals surface area contributed by atoms with Crippen molar-refractivity contribution in [2.75, 3.05) is 33.3 Å². The van der Waals surface area contributed by atoms with Crippen molar-refractivity contribution in [3.8, 4) is 11.5 Å². The molecule has 0 aliphatic rings. The monoisotopic (exact) mass is 303 g/mol. The van der Waals surface area contributed by atoms with Crippen LogP contribution in [0.15, 0.2) is 16.6 Å². The molecule has 17 heavy (non-hydrogen) atoms. The number of nitrogens with one attached hydrogen (secondary N) is 1. The Balaban J connectivity index is 2.99. The maximum Gasteiger partial charge on any atom is 0.250 e. The number of amides is 1. The lowest BCUT2D eigenvalue weighted by atomic mass is 10.2. The number of rotatable bonds is 5. The average molecular weight is 304 g/mol. The number of ether oxygens (including phenoxy) is 3. The zero-order valence-electron chi connectivity index (χ0n) is 9.87. The minimum absolute atomic E-state index is 0.0124. The molecule has 0 aliphatic heterocycles. The smallest absolute Gasteiger partial charge is 0.250 e. The summed E-state index contributed by atoms with van der Waals surface area (Å²) in [4.78, 5) is 11.4. The number of methoxy groups -OCH3 is 3. The summed E-state index contributed by atoms with van der Waals surface area (Å²) in [6, 6.07) is 3.40. The Kier molecular flexibility index (Phi) is 5.24. The third-order valence-corrected chi connectivity index (χ3v) is 2.64. The van der Waals surface area contributed by atoms with Crippen LogP contribution in [0.1, 0.15) is 0 Å². The number of carbonyl (C=O) groups excluding carboxylic acids is 1. The van der Waals surface area contributed by atoms with Gasteiger partial charge in [0.2, 0.25) is 5.91 Å². The second-order valence-electron chi connectivity index (χ2n) is 3.17. The predicted octanol–water partition coefficient (Wildman–Crippen LogP) is 2.05. The zero-order chi connectivity index (χ0) is 12.8. The van der Waals surface area contributed by atoms with E-state index in [1.165, 1.54) is 14.2 Å². The molecule has 0 heterocycles. The van der Waals surface area contributed by atoms with Crippen LogP contribution in [0.4, 0.5) is 5.69 Å². The second-order valence-corrected chi connectivity index (χ2v) is 4.02. The fourth-order valence-corrected chi connectivity index (χ4v) is 1.76. The lowest BCUT2D eigenvalue weighted by Gasteiger charge is -2.13. The number of halogens is 1. The second kappa shape index (κ2) is 6.46. The van der Waals surface area contributed by atoms with Crippen LogP contribution >= 0.6 is 15.9 Å². The van der Waals surface area contributed by atoms with Crippen molar-refractivity contribution in [1.82, 2.24) is 0 Å². The van der Waals surface area contributed by atoms with E-state index in [0.717, 1.165) is 4.47 Å². The molecule has 0 saturated carbocycles. The van der Waals surface area contributed by atoms with Gasteiger partial charge in [-0.1, -0.05) is 0 Å². The number of carbonyl (C=O) groups is 1. The van der Waals surface area contributed by atoms with Gasteiger partial charge in [0.15, 0.2) is 0 Å². The summed E-state index contributed by atoms with van der Waals surface area (Å²) in [5.74, 6) is 0.899. The van der Waals surface area contributed by atoms with Crippen LogP contribution in [-0.2, 0) is 9.53 Å². The Morgan fingerprint density at radius 3 is 2.41 bits per heavy atom. The lowest BCUT2D eigenvalue weighted by Crippen LogP contribution is -2.17. The summed E-state index contributed by atoms with van der Waals surface area (Å²) < 4.78 is 15.8. The third-order valence-electron chi connectivity index (χ3n) is 2.02. The van der Waals surface area contributed by atoms with E-state index in [1.54, 1.807) is 19.2 Å². The highest BCUT2D eigenvalue weighted by Gasteiger charge is 2.11. The molecule has 1 N–H and O–H groups in total. The molecule has 1 aromatic rings. The first kappa shape index (κ1) is 13.8. The van der Waals surface area contributed by atoms with Crippen molar-refractivity contribution in [2.24, 2.45) is 0 Å². The summed E-state index contributed by atoms with van der Waals surface area (Å²) in [6.45, 7) is -0.0124. The van der Waals surface area contributed by atoms with Crippen molar-refractivity contribution in [2.45, 2.75) is 0 Å². The van der Waals surface area contributed by atoms with Gasteiger partial charge in [-0.15, -0.1) is 0 Å². The van der Waals surface area contributed by atoms with Crippen LogP contribution in [0.5, 0.6) is 11.5 Å². The minimum atomic E-state index is -0.254. The first-order chi connectivity index (χ1) is 8.12. The molecule has 1 aromatic carbocycles. The van der Waals surface area contributed by atoms with Crippen LogP contribution in [0.25, 0.3) is 0 Å². The maximum absolute atomic E-state index is 11.4. The molecule has 0 saturated heterocycles. The van der Waals surface area contributed by atoms with E-state index < -0.39 is 0 Å². The van der Waals surface area contributed by atoms with Gasteiger partial charge < -0.3 is 19.5 Å². The van der Waals surface area contributed by atoms with Gasteiger partial charge in [0, 0.05) is 19.2 Å². The Labute approximate surface area is 108 Å². The van der Waals surface area contributed by atoms with E-state index >= 15 is 0 Å². The Hall–Kier alpha value is -1.27. The molecule has 5 nitrogen and oxygen atoms in total. The zero-order valence-corrected chi connectivity index (χ0v) is 11.5. The van der Waals surface area contributed by atoms with Gasteiger partial charge in [-0.3, -0.25) is 4.79 Å². The van der Waals surface area contributed by atoms with E-state index in [-0.39, 0.29) is 12.5 Å². The van der Waals surface area contributed by atoms with Crippen molar-refractivity contribution >= 4 is 27.5 Å². The Morgan fingerprint density at radius 2 is 1.88 bits per heavy atom. The van der Waals surface area contributed by atoms with Crippen molar-refractivity contribution in [3.05, 3.63) is 16.6 Å². The molecule has 6 heteroatoms. The summed E-state index contributed by atoms with van der Waals surface area (Å²) in [5.41, 5.74) is 0.537. The summed E-state index contributed by atoms with van der Waals surface area (Å²) in [6.07, 6.45) is 0. The molecule has 0 radical (unpaired) electrons. The number of hydrogen-bond acceptors (Lipinski definition) is 4. The molecule has 0 aromatic heterocycles. The normalized spacial score (nSPS) is 9.88. The molecule has 0 atom stereocenters. The average Bonchev–Trinajstić information content (AvgIpc) is 2.31. The van der Waals surface area contributed by atoms with E-state index in [1.807, 2.05) is 0 Å². The minimum Gasteiger partial charge on any atom is -0.495 e. The van der Waals surface area contributed by atoms with Crippen molar-refractivity contribution in [3.63, 3.8) is 0 Å². The van der Waals surface area contributed by atoms with E-state index in [2.05, 4.69) is 21.2 Å². The molecule has 94 valence electrons. The van der Waals surface area contributed by atoms with E-state index in [4.69, 9.17) is 14.2 Å². The predicted molar refractivity (Wildman–Crippen MR) is 67.8 cm³/mol. The molecular formula is C11H14BrNO4. The van der Waals surface area contributed by atoms with E-state index in [9.17, 15) is 4.79 Å². The molecule has 0 unspecified atom stereocenters. The highest BCUT2D eigenvalue weighted by molar-refractivity contribution is 9.10. The molecule has 0 spiro atoms. The fraction of sp³-hybridized carbons (Fsp3) is 0.364. The third kappa shape index (κ3) is 3.61. The van der Waals surface area contributed by atoms with Gasteiger partial charge >= 0.3 is 0 Å². The number of hydrogen-bond donors (Lipinski definition) is 1. The van der Waals surface area contributed by atoms with Crippen LogP contribution < -0.4 is 14.8 Å². The first-order valence-electron chi connectivity index (χ1n) is 4.82. The van der Waals surface area contributed by atoms with Crippen LogP contribution in [0.2, 0.25) is 0 Å². The lowest BCUT2D eigenvalue weighted by molar-refractivity contribution is -0.119. The molecule has 1 rings (SSSR count). The van der Waals surface area contributed by atoms with Gasteiger partial charge in [0.25, 0.3) is 0 Å². The van der Waals surface area contributed by atoms with Crippen molar-refractivity contribution in [1.29, 1.82) is 0 Å². The quantitative estimate of drug-likeness (QED) is 0.904. The molecule has 1 amide bonds. The number of anilines is 1.